The van der Waals surface area contributed by atoms with E-state index in [0.29, 0.717) is 16.6 Å². The SMILES string of the molecule is Clc1nc2ncnn2c2c1cnc1[nH]ncc12. The smallest absolute Gasteiger partial charge is 0.254 e. The lowest BCUT2D eigenvalue weighted by Crippen LogP contribution is -1.96. The highest BCUT2D eigenvalue weighted by Gasteiger charge is 2.13. The molecule has 0 aliphatic heterocycles. The number of aromatic amines is 1. The maximum atomic E-state index is 6.10. The first kappa shape index (κ1) is 8.82. The van der Waals surface area contributed by atoms with Crippen LogP contribution in [0.3, 0.4) is 0 Å². The van der Waals surface area contributed by atoms with Crippen molar-refractivity contribution in [1.82, 2.24) is 34.8 Å². The first-order valence-electron chi connectivity index (χ1n) is 4.81. The summed E-state index contributed by atoms with van der Waals surface area (Å²) in [7, 11) is 0. The Labute approximate surface area is 98.5 Å². The number of hydrogen-bond acceptors (Lipinski definition) is 5. The minimum Gasteiger partial charge on any atom is -0.261 e. The third kappa shape index (κ3) is 1.03. The summed E-state index contributed by atoms with van der Waals surface area (Å²) >= 11 is 6.10. The number of fused-ring (bicyclic) bond motifs is 5. The predicted molar refractivity (Wildman–Crippen MR) is 60.7 cm³/mol. The molecular weight excluding hydrogens is 242 g/mol. The van der Waals surface area contributed by atoms with Gasteiger partial charge < -0.3 is 0 Å². The summed E-state index contributed by atoms with van der Waals surface area (Å²) in [6, 6.07) is 0. The molecule has 82 valence electrons. The van der Waals surface area contributed by atoms with Gasteiger partial charge in [0.1, 0.15) is 11.5 Å². The Bertz CT molecular complexity index is 851. The fourth-order valence-electron chi connectivity index (χ4n) is 1.88. The Balaban J connectivity index is 2.45. The van der Waals surface area contributed by atoms with Gasteiger partial charge in [0.2, 0.25) is 0 Å². The number of pyridine rings is 1. The monoisotopic (exact) mass is 245 g/mol. The summed E-state index contributed by atoms with van der Waals surface area (Å²) in [5, 5.41) is 12.8. The topological polar surface area (TPSA) is 84.6 Å². The van der Waals surface area contributed by atoms with Crippen LogP contribution in [0.4, 0.5) is 0 Å². The van der Waals surface area contributed by atoms with Crippen LogP contribution in [0.2, 0.25) is 5.15 Å². The lowest BCUT2D eigenvalue weighted by molar-refractivity contribution is 0.986. The maximum Gasteiger partial charge on any atom is 0.254 e. The Kier molecular flexibility index (Phi) is 1.50. The second-order valence-electron chi connectivity index (χ2n) is 3.53. The first-order chi connectivity index (χ1) is 8.34. The van der Waals surface area contributed by atoms with Crippen molar-refractivity contribution in [3.63, 3.8) is 0 Å². The summed E-state index contributed by atoms with van der Waals surface area (Å²) in [6.07, 6.45) is 4.76. The summed E-state index contributed by atoms with van der Waals surface area (Å²) < 4.78 is 1.63. The van der Waals surface area contributed by atoms with Crippen LogP contribution < -0.4 is 0 Å². The zero-order valence-corrected chi connectivity index (χ0v) is 9.05. The summed E-state index contributed by atoms with van der Waals surface area (Å²) in [5.74, 6) is 0.455. The van der Waals surface area contributed by atoms with Crippen molar-refractivity contribution >= 4 is 39.3 Å². The van der Waals surface area contributed by atoms with E-state index >= 15 is 0 Å². The Morgan fingerprint density at radius 1 is 1.18 bits per heavy atom. The van der Waals surface area contributed by atoms with E-state index in [9.17, 15) is 0 Å². The van der Waals surface area contributed by atoms with Crippen molar-refractivity contribution in [2.45, 2.75) is 0 Å². The molecule has 0 spiro atoms. The molecule has 0 amide bonds. The van der Waals surface area contributed by atoms with Gasteiger partial charge in [-0.3, -0.25) is 5.10 Å². The zero-order valence-electron chi connectivity index (χ0n) is 8.29. The van der Waals surface area contributed by atoms with Gasteiger partial charge in [0, 0.05) is 6.20 Å². The molecule has 17 heavy (non-hydrogen) atoms. The van der Waals surface area contributed by atoms with Crippen molar-refractivity contribution in [2.75, 3.05) is 0 Å². The van der Waals surface area contributed by atoms with Gasteiger partial charge in [-0.2, -0.15) is 24.7 Å². The van der Waals surface area contributed by atoms with Crippen LogP contribution in [0.15, 0.2) is 18.7 Å². The van der Waals surface area contributed by atoms with Gasteiger partial charge in [-0.05, 0) is 0 Å². The molecule has 0 fully saturated rings. The van der Waals surface area contributed by atoms with E-state index in [2.05, 4.69) is 30.2 Å². The molecule has 4 heterocycles. The normalized spacial score (nSPS) is 11.8. The van der Waals surface area contributed by atoms with Gasteiger partial charge in [0.05, 0.1) is 22.5 Å². The molecule has 4 aromatic rings. The number of nitrogens with zero attached hydrogens (tertiary/aromatic N) is 6. The molecule has 7 nitrogen and oxygen atoms in total. The molecule has 4 rings (SSSR count). The molecule has 0 aliphatic carbocycles. The van der Waals surface area contributed by atoms with Crippen LogP contribution in [0.1, 0.15) is 0 Å². The average molecular weight is 246 g/mol. The molecule has 0 radical (unpaired) electrons. The Morgan fingerprint density at radius 3 is 3.06 bits per heavy atom. The van der Waals surface area contributed by atoms with E-state index in [4.69, 9.17) is 11.6 Å². The first-order valence-corrected chi connectivity index (χ1v) is 5.19. The second-order valence-corrected chi connectivity index (χ2v) is 3.89. The van der Waals surface area contributed by atoms with Gasteiger partial charge in [0.25, 0.3) is 5.78 Å². The van der Waals surface area contributed by atoms with Crippen molar-refractivity contribution in [1.29, 1.82) is 0 Å². The lowest BCUT2D eigenvalue weighted by Gasteiger charge is -2.02. The third-order valence-corrected chi connectivity index (χ3v) is 2.90. The molecule has 0 atom stereocenters. The van der Waals surface area contributed by atoms with Gasteiger partial charge >= 0.3 is 0 Å². The highest BCUT2D eigenvalue weighted by atomic mass is 35.5. The highest BCUT2D eigenvalue weighted by Crippen LogP contribution is 2.26. The average Bonchev–Trinajstić information content (AvgIpc) is 2.95. The highest BCUT2D eigenvalue weighted by molar-refractivity contribution is 6.35. The largest absolute Gasteiger partial charge is 0.261 e. The fourth-order valence-corrected chi connectivity index (χ4v) is 2.10. The number of H-pyrrole nitrogens is 1. The summed E-state index contributed by atoms with van der Waals surface area (Å²) in [4.78, 5) is 12.4. The number of halogens is 1. The molecule has 0 saturated heterocycles. The molecule has 0 aliphatic rings. The van der Waals surface area contributed by atoms with E-state index < -0.39 is 0 Å². The van der Waals surface area contributed by atoms with E-state index in [-0.39, 0.29) is 0 Å². The van der Waals surface area contributed by atoms with Gasteiger partial charge in [0.15, 0.2) is 5.65 Å². The summed E-state index contributed by atoms with van der Waals surface area (Å²) in [6.45, 7) is 0. The molecule has 0 bridgehead atoms. The van der Waals surface area contributed by atoms with Crippen LogP contribution in [0.25, 0.3) is 27.7 Å². The second kappa shape index (κ2) is 2.89. The molecule has 8 heteroatoms. The molecular formula is C9H4ClN7. The van der Waals surface area contributed by atoms with Crippen LogP contribution in [0.5, 0.6) is 0 Å². The van der Waals surface area contributed by atoms with Crippen molar-refractivity contribution in [2.24, 2.45) is 0 Å². The van der Waals surface area contributed by atoms with Gasteiger partial charge in [-0.25, -0.2) is 4.98 Å². The van der Waals surface area contributed by atoms with Crippen molar-refractivity contribution in [3.05, 3.63) is 23.9 Å². The van der Waals surface area contributed by atoms with Crippen LogP contribution in [0, 0.1) is 0 Å². The molecule has 0 unspecified atom stereocenters. The minimum atomic E-state index is 0.358. The van der Waals surface area contributed by atoms with E-state index in [1.807, 2.05) is 0 Å². The van der Waals surface area contributed by atoms with Gasteiger partial charge in [-0.15, -0.1) is 0 Å². The van der Waals surface area contributed by atoms with E-state index in [0.717, 1.165) is 16.3 Å². The van der Waals surface area contributed by atoms with Crippen LogP contribution in [-0.4, -0.2) is 34.8 Å². The summed E-state index contributed by atoms with van der Waals surface area (Å²) in [5.41, 5.74) is 1.48. The Morgan fingerprint density at radius 2 is 2.12 bits per heavy atom. The van der Waals surface area contributed by atoms with Crippen molar-refractivity contribution in [3.8, 4) is 0 Å². The lowest BCUT2D eigenvalue weighted by atomic mass is 10.2. The van der Waals surface area contributed by atoms with Crippen LogP contribution >= 0.6 is 11.6 Å². The number of nitrogens with one attached hydrogen (secondary N) is 1. The van der Waals surface area contributed by atoms with Gasteiger partial charge in [-0.1, -0.05) is 11.6 Å². The zero-order chi connectivity index (χ0) is 11.4. The number of aromatic nitrogens is 7. The standard InChI is InChI=1S/C9H4ClN7/c10-7-4-1-11-8-5(2-13-16-8)6(4)17-9(15-7)12-3-14-17/h1-3H,(H,11,13,16). The molecule has 0 saturated carbocycles. The van der Waals surface area contributed by atoms with E-state index in [1.165, 1.54) is 6.33 Å². The predicted octanol–water partition coefficient (Wildman–Crippen LogP) is 1.20. The molecule has 1 N–H and O–H groups in total. The maximum absolute atomic E-state index is 6.10. The quantitative estimate of drug-likeness (QED) is 0.471. The van der Waals surface area contributed by atoms with E-state index in [1.54, 1.807) is 16.9 Å². The third-order valence-electron chi connectivity index (χ3n) is 2.61. The van der Waals surface area contributed by atoms with Crippen LogP contribution in [-0.2, 0) is 0 Å². The molecule has 0 aromatic carbocycles. The van der Waals surface area contributed by atoms with Crippen molar-refractivity contribution < 1.29 is 0 Å². The minimum absolute atomic E-state index is 0.358. The Hall–Kier alpha value is -2.28. The molecule has 4 aromatic heterocycles. The number of rotatable bonds is 0. The number of hydrogen-bond donors (Lipinski definition) is 1. The fraction of sp³-hybridized carbons (Fsp3) is 0.